The molecule has 0 N–H and O–H groups in total. The molecule has 0 saturated heterocycles. The predicted octanol–water partition coefficient (Wildman–Crippen LogP) is 7.39. The van der Waals surface area contributed by atoms with E-state index in [0.29, 0.717) is 11.4 Å². The van der Waals surface area contributed by atoms with Crippen LogP contribution in [0.4, 0.5) is 0 Å². The molecule has 0 fully saturated rings. The Morgan fingerprint density at radius 3 is 2.15 bits per heavy atom. The summed E-state index contributed by atoms with van der Waals surface area (Å²) in [7, 11) is 1.78. The monoisotopic (exact) mass is 441 g/mol. The van der Waals surface area contributed by atoms with Crippen molar-refractivity contribution in [1.29, 1.82) is 5.26 Å². The van der Waals surface area contributed by atoms with E-state index in [1.165, 1.54) is 22.3 Å². The maximum absolute atomic E-state index is 9.22. The van der Waals surface area contributed by atoms with Crippen LogP contribution in [-0.4, -0.2) is 18.6 Å². The van der Waals surface area contributed by atoms with E-state index in [-0.39, 0.29) is 0 Å². The standard InChI is InChI=1S/C31H27N3/c1-21-8-5-13-28(16-21)30-15-14-29(17-22(30)2)31(33-4)34-23(3)25-10-7-12-27(19-25)26-11-6-9-24(18-26)20-32/h5-19H,1-4H3/b33-31-,34-23+. The van der Waals surface area contributed by atoms with Gasteiger partial charge in [0.25, 0.3) is 0 Å². The number of nitrogens with zero attached hydrogens (tertiary/aromatic N) is 3. The van der Waals surface area contributed by atoms with E-state index in [0.717, 1.165) is 28.0 Å². The fourth-order valence-corrected chi connectivity index (χ4v) is 4.10. The maximum atomic E-state index is 9.22. The van der Waals surface area contributed by atoms with Crippen LogP contribution in [0.25, 0.3) is 22.3 Å². The van der Waals surface area contributed by atoms with Crippen molar-refractivity contribution >= 4 is 11.5 Å². The van der Waals surface area contributed by atoms with Crippen LogP contribution < -0.4 is 0 Å². The molecule has 4 aromatic rings. The van der Waals surface area contributed by atoms with Crippen molar-refractivity contribution in [3.8, 4) is 28.3 Å². The Hall–Kier alpha value is -4.29. The van der Waals surface area contributed by atoms with E-state index < -0.39 is 0 Å². The van der Waals surface area contributed by atoms with Crippen molar-refractivity contribution in [3.63, 3.8) is 0 Å². The Bertz CT molecular complexity index is 1450. The molecule has 4 aromatic carbocycles. The summed E-state index contributed by atoms with van der Waals surface area (Å²) in [6.45, 7) is 6.25. The molecule has 34 heavy (non-hydrogen) atoms. The van der Waals surface area contributed by atoms with Gasteiger partial charge in [-0.2, -0.15) is 5.26 Å². The molecule has 0 unspecified atom stereocenters. The number of hydrogen-bond donors (Lipinski definition) is 0. The van der Waals surface area contributed by atoms with Crippen LogP contribution in [0.3, 0.4) is 0 Å². The van der Waals surface area contributed by atoms with Gasteiger partial charge in [0.1, 0.15) is 0 Å². The average Bonchev–Trinajstić information content (AvgIpc) is 2.87. The summed E-state index contributed by atoms with van der Waals surface area (Å²) in [4.78, 5) is 9.35. The number of aryl methyl sites for hydroxylation is 2. The minimum Gasteiger partial charge on any atom is -0.270 e. The highest BCUT2D eigenvalue weighted by Crippen LogP contribution is 2.26. The van der Waals surface area contributed by atoms with Crippen LogP contribution in [0.1, 0.15) is 34.7 Å². The minimum atomic E-state index is 0.651. The zero-order valence-electron chi connectivity index (χ0n) is 20.0. The van der Waals surface area contributed by atoms with E-state index in [1.54, 1.807) is 7.05 Å². The van der Waals surface area contributed by atoms with Gasteiger partial charge in [0, 0.05) is 18.3 Å². The largest absolute Gasteiger partial charge is 0.270 e. The van der Waals surface area contributed by atoms with E-state index >= 15 is 0 Å². The molecule has 0 aliphatic heterocycles. The number of rotatable bonds is 4. The minimum absolute atomic E-state index is 0.651. The lowest BCUT2D eigenvalue weighted by atomic mass is 9.97. The van der Waals surface area contributed by atoms with E-state index in [4.69, 9.17) is 4.99 Å². The first kappa shape index (κ1) is 22.9. The molecular weight excluding hydrogens is 414 g/mol. The molecule has 0 aliphatic rings. The Balaban J connectivity index is 1.64. The first-order chi connectivity index (χ1) is 16.5. The van der Waals surface area contributed by atoms with Gasteiger partial charge in [-0.05, 0) is 78.4 Å². The molecule has 3 nitrogen and oxygen atoms in total. The summed E-state index contributed by atoms with van der Waals surface area (Å²) >= 11 is 0. The lowest BCUT2D eigenvalue weighted by Crippen LogP contribution is -2.04. The van der Waals surface area contributed by atoms with Gasteiger partial charge in [0.2, 0.25) is 0 Å². The zero-order chi connectivity index (χ0) is 24.1. The Morgan fingerprint density at radius 1 is 0.735 bits per heavy atom. The second-order valence-corrected chi connectivity index (χ2v) is 8.42. The van der Waals surface area contributed by atoms with Gasteiger partial charge in [-0.25, -0.2) is 4.99 Å². The SMILES string of the molecule is C/N=C(\N=C(/C)c1cccc(-c2cccc(C#N)c2)c1)c1ccc(-c2cccc(C)c2)c(C)c1. The van der Waals surface area contributed by atoms with Crippen LogP contribution in [0, 0.1) is 25.2 Å². The first-order valence-corrected chi connectivity index (χ1v) is 11.3. The molecule has 0 atom stereocenters. The van der Waals surface area contributed by atoms with Gasteiger partial charge in [-0.15, -0.1) is 0 Å². The fourth-order valence-electron chi connectivity index (χ4n) is 4.10. The van der Waals surface area contributed by atoms with E-state index in [9.17, 15) is 5.26 Å². The number of nitriles is 1. The fraction of sp³-hybridized carbons (Fsp3) is 0.129. The van der Waals surface area contributed by atoms with Crippen LogP contribution in [0.15, 0.2) is 101 Å². The second kappa shape index (κ2) is 10.1. The van der Waals surface area contributed by atoms with Crippen molar-refractivity contribution in [1.82, 2.24) is 0 Å². The summed E-state index contributed by atoms with van der Waals surface area (Å²) in [5, 5.41) is 9.22. The van der Waals surface area contributed by atoms with Crippen LogP contribution >= 0.6 is 0 Å². The van der Waals surface area contributed by atoms with Gasteiger partial charge in [-0.1, -0.05) is 72.3 Å². The Labute approximate surface area is 201 Å². The van der Waals surface area contributed by atoms with Gasteiger partial charge in [0.15, 0.2) is 5.84 Å². The van der Waals surface area contributed by atoms with Crippen LogP contribution in [0.5, 0.6) is 0 Å². The lowest BCUT2D eigenvalue weighted by Gasteiger charge is -2.11. The van der Waals surface area contributed by atoms with Crippen molar-refractivity contribution in [2.24, 2.45) is 9.98 Å². The van der Waals surface area contributed by atoms with Gasteiger partial charge < -0.3 is 0 Å². The quantitative estimate of drug-likeness (QED) is 0.240. The third-order valence-electron chi connectivity index (χ3n) is 5.90. The summed E-state index contributed by atoms with van der Waals surface area (Å²) in [5.74, 6) is 0.702. The third kappa shape index (κ3) is 5.03. The molecule has 0 aliphatic carbocycles. The van der Waals surface area contributed by atoms with Crippen molar-refractivity contribution < 1.29 is 0 Å². The molecule has 0 heterocycles. The molecule has 3 heteroatoms. The molecule has 166 valence electrons. The molecule has 0 aromatic heterocycles. The highest BCUT2D eigenvalue weighted by molar-refractivity contribution is 6.12. The molecule has 0 spiro atoms. The van der Waals surface area contributed by atoms with E-state index in [1.807, 2.05) is 37.3 Å². The number of hydrogen-bond acceptors (Lipinski definition) is 2. The number of benzene rings is 4. The van der Waals surface area contributed by atoms with E-state index in [2.05, 4.69) is 85.6 Å². The molecule has 0 amide bonds. The third-order valence-corrected chi connectivity index (χ3v) is 5.90. The van der Waals surface area contributed by atoms with Crippen molar-refractivity contribution in [2.75, 3.05) is 7.05 Å². The highest BCUT2D eigenvalue weighted by atomic mass is 14.9. The van der Waals surface area contributed by atoms with Crippen molar-refractivity contribution in [2.45, 2.75) is 20.8 Å². The van der Waals surface area contributed by atoms with Gasteiger partial charge in [0.05, 0.1) is 11.6 Å². The van der Waals surface area contributed by atoms with Gasteiger partial charge >= 0.3 is 0 Å². The first-order valence-electron chi connectivity index (χ1n) is 11.3. The van der Waals surface area contributed by atoms with Crippen molar-refractivity contribution in [3.05, 3.63) is 119 Å². The van der Waals surface area contributed by atoms with Gasteiger partial charge in [-0.3, -0.25) is 4.99 Å². The smallest absolute Gasteiger partial charge is 0.154 e. The zero-order valence-corrected chi connectivity index (χ0v) is 20.0. The molecule has 0 radical (unpaired) electrons. The average molecular weight is 442 g/mol. The number of amidine groups is 1. The molecule has 0 bridgehead atoms. The number of aliphatic imine (C=N–C) groups is 2. The Morgan fingerprint density at radius 2 is 1.44 bits per heavy atom. The Kier molecular flexibility index (Phi) is 6.80. The summed E-state index contributed by atoms with van der Waals surface area (Å²) in [5.41, 5.74) is 10.5. The second-order valence-electron chi connectivity index (χ2n) is 8.42. The summed E-state index contributed by atoms with van der Waals surface area (Å²) in [6.07, 6.45) is 0. The molecular formula is C31H27N3. The topological polar surface area (TPSA) is 48.5 Å². The predicted molar refractivity (Wildman–Crippen MR) is 143 cm³/mol. The summed E-state index contributed by atoms with van der Waals surface area (Å²) < 4.78 is 0. The molecule has 4 rings (SSSR count). The lowest BCUT2D eigenvalue weighted by molar-refractivity contribution is 1.36. The molecule has 0 saturated carbocycles. The normalized spacial score (nSPS) is 11.9. The van der Waals surface area contributed by atoms with Crippen LogP contribution in [0.2, 0.25) is 0 Å². The highest BCUT2D eigenvalue weighted by Gasteiger charge is 2.09. The maximum Gasteiger partial charge on any atom is 0.154 e. The summed E-state index contributed by atoms with van der Waals surface area (Å²) in [6, 6.07) is 33.0. The van der Waals surface area contributed by atoms with Crippen LogP contribution in [-0.2, 0) is 0 Å².